The zero-order valence-electron chi connectivity index (χ0n) is 13.5. The van der Waals surface area contributed by atoms with Gasteiger partial charge in [-0.2, -0.15) is 5.10 Å². The molecule has 0 saturated heterocycles. The Hall–Kier alpha value is -2.36. The Bertz CT molecular complexity index is 658. The van der Waals surface area contributed by atoms with Crippen molar-refractivity contribution in [1.29, 1.82) is 0 Å². The summed E-state index contributed by atoms with van der Waals surface area (Å²) >= 11 is 0. The molecule has 1 heterocycles. The van der Waals surface area contributed by atoms with Gasteiger partial charge in [-0.15, -0.1) is 0 Å². The van der Waals surface area contributed by atoms with Crippen LogP contribution in [-0.4, -0.2) is 33.7 Å². The van der Waals surface area contributed by atoms with Crippen molar-refractivity contribution in [2.45, 2.75) is 27.2 Å². The Morgan fingerprint density at radius 1 is 1.27 bits per heavy atom. The first kappa shape index (κ1) is 16.0. The van der Waals surface area contributed by atoms with Crippen molar-refractivity contribution in [2.24, 2.45) is 0 Å². The van der Waals surface area contributed by atoms with Crippen LogP contribution in [0.2, 0.25) is 0 Å². The normalized spacial score (nSPS) is 10.5. The fourth-order valence-electron chi connectivity index (χ4n) is 2.51. The van der Waals surface area contributed by atoms with E-state index in [1.165, 1.54) is 0 Å². The van der Waals surface area contributed by atoms with Gasteiger partial charge in [-0.1, -0.05) is 37.3 Å². The predicted molar refractivity (Wildman–Crippen MR) is 89.3 cm³/mol. The highest BCUT2D eigenvalue weighted by molar-refractivity contribution is 5.95. The Kier molecular flexibility index (Phi) is 5.15. The lowest BCUT2D eigenvalue weighted by molar-refractivity contribution is 0.0777. The number of likely N-dealkylation sites (N-methyl/N-ethyl adjacent to an activating group) is 1. The summed E-state index contributed by atoms with van der Waals surface area (Å²) in [6.45, 7) is 11.1. The zero-order valence-corrected chi connectivity index (χ0v) is 13.5. The third-order valence-corrected chi connectivity index (χ3v) is 3.56. The van der Waals surface area contributed by atoms with Gasteiger partial charge < -0.3 is 4.90 Å². The summed E-state index contributed by atoms with van der Waals surface area (Å²) in [5.41, 5.74) is 3.57. The molecule has 116 valence electrons. The largest absolute Gasteiger partial charge is 0.335 e. The molecule has 0 unspecified atom stereocenters. The maximum absolute atomic E-state index is 12.8. The van der Waals surface area contributed by atoms with Gasteiger partial charge in [0.05, 0.1) is 23.1 Å². The van der Waals surface area contributed by atoms with E-state index < -0.39 is 0 Å². The van der Waals surface area contributed by atoms with E-state index in [2.05, 4.69) is 11.7 Å². The first-order chi connectivity index (χ1) is 10.6. The van der Waals surface area contributed by atoms with Crippen molar-refractivity contribution in [2.75, 3.05) is 13.1 Å². The average molecular weight is 297 g/mol. The van der Waals surface area contributed by atoms with Crippen LogP contribution in [0, 0.1) is 0 Å². The summed E-state index contributed by atoms with van der Waals surface area (Å²) < 4.78 is 1.85. The van der Waals surface area contributed by atoms with E-state index in [0.717, 1.165) is 23.4 Å². The second-order valence-electron chi connectivity index (χ2n) is 5.38. The van der Waals surface area contributed by atoms with Crippen molar-refractivity contribution in [3.63, 3.8) is 0 Å². The number of amides is 1. The maximum atomic E-state index is 12.8. The minimum atomic E-state index is 0.0181. The second-order valence-corrected chi connectivity index (χ2v) is 5.38. The number of para-hydroxylation sites is 1. The lowest BCUT2D eigenvalue weighted by Crippen LogP contribution is -2.32. The molecule has 4 nitrogen and oxygen atoms in total. The first-order valence-corrected chi connectivity index (χ1v) is 7.64. The van der Waals surface area contributed by atoms with E-state index in [1.54, 1.807) is 11.1 Å². The molecule has 2 rings (SSSR count). The summed E-state index contributed by atoms with van der Waals surface area (Å²) in [7, 11) is 0. The van der Waals surface area contributed by atoms with Gasteiger partial charge >= 0.3 is 0 Å². The monoisotopic (exact) mass is 297 g/mol. The van der Waals surface area contributed by atoms with Crippen LogP contribution in [0.15, 0.2) is 48.7 Å². The molecule has 1 aromatic heterocycles. The van der Waals surface area contributed by atoms with Crippen LogP contribution >= 0.6 is 0 Å². The van der Waals surface area contributed by atoms with E-state index in [0.29, 0.717) is 18.7 Å². The van der Waals surface area contributed by atoms with Gasteiger partial charge in [0.1, 0.15) is 0 Å². The van der Waals surface area contributed by atoms with Gasteiger partial charge in [-0.05, 0) is 32.4 Å². The van der Waals surface area contributed by atoms with E-state index in [9.17, 15) is 4.79 Å². The molecular weight excluding hydrogens is 274 g/mol. The molecule has 0 saturated carbocycles. The quantitative estimate of drug-likeness (QED) is 0.766. The van der Waals surface area contributed by atoms with Crippen LogP contribution in [0.1, 0.15) is 36.8 Å². The van der Waals surface area contributed by atoms with Crippen LogP contribution in [-0.2, 0) is 6.42 Å². The molecule has 0 radical (unpaired) electrons. The third kappa shape index (κ3) is 3.27. The number of hydrogen-bond acceptors (Lipinski definition) is 2. The molecule has 1 amide bonds. The molecule has 0 atom stereocenters. The molecule has 0 aliphatic carbocycles. The number of carbonyl (C=O) groups is 1. The fourth-order valence-corrected chi connectivity index (χ4v) is 2.51. The van der Waals surface area contributed by atoms with E-state index in [4.69, 9.17) is 0 Å². The minimum absolute atomic E-state index is 0.0181. The molecule has 1 aromatic carbocycles. The second kappa shape index (κ2) is 7.07. The van der Waals surface area contributed by atoms with Crippen LogP contribution in [0.25, 0.3) is 5.69 Å². The van der Waals surface area contributed by atoms with E-state index in [1.807, 2.05) is 55.8 Å². The highest BCUT2D eigenvalue weighted by Gasteiger charge is 2.21. The smallest absolute Gasteiger partial charge is 0.257 e. The third-order valence-electron chi connectivity index (χ3n) is 3.56. The average Bonchev–Trinajstić information content (AvgIpc) is 2.96. The summed E-state index contributed by atoms with van der Waals surface area (Å²) in [6.07, 6.45) is 2.43. The topological polar surface area (TPSA) is 38.1 Å². The summed E-state index contributed by atoms with van der Waals surface area (Å²) in [6, 6.07) is 9.89. The Morgan fingerprint density at radius 2 is 1.95 bits per heavy atom. The fraction of sp³-hybridized carbons (Fsp3) is 0.333. The summed E-state index contributed by atoms with van der Waals surface area (Å²) in [5.74, 6) is 0.0181. The van der Waals surface area contributed by atoms with E-state index >= 15 is 0 Å². The van der Waals surface area contributed by atoms with Crippen molar-refractivity contribution in [3.05, 3.63) is 59.9 Å². The SMILES string of the molecule is C=C(C)CN(CC)C(=O)c1cnn(-c2ccccc2)c1CC. The van der Waals surface area contributed by atoms with Gasteiger partial charge in [-0.3, -0.25) is 4.79 Å². The highest BCUT2D eigenvalue weighted by Crippen LogP contribution is 2.17. The molecule has 0 aliphatic heterocycles. The van der Waals surface area contributed by atoms with Gasteiger partial charge in [-0.25, -0.2) is 4.68 Å². The van der Waals surface area contributed by atoms with Gasteiger partial charge in [0.25, 0.3) is 5.91 Å². The molecule has 22 heavy (non-hydrogen) atoms. The van der Waals surface area contributed by atoms with E-state index in [-0.39, 0.29) is 5.91 Å². The van der Waals surface area contributed by atoms with Crippen LogP contribution in [0.4, 0.5) is 0 Å². The predicted octanol–water partition coefficient (Wildman–Crippen LogP) is 3.47. The first-order valence-electron chi connectivity index (χ1n) is 7.64. The number of nitrogens with zero attached hydrogens (tertiary/aromatic N) is 3. The highest BCUT2D eigenvalue weighted by atomic mass is 16.2. The van der Waals surface area contributed by atoms with Crippen molar-refractivity contribution < 1.29 is 4.79 Å². The lowest BCUT2D eigenvalue weighted by Gasteiger charge is -2.21. The maximum Gasteiger partial charge on any atom is 0.257 e. The Labute approximate surface area is 132 Å². The Morgan fingerprint density at radius 3 is 2.50 bits per heavy atom. The molecule has 2 aromatic rings. The van der Waals surface area contributed by atoms with Crippen molar-refractivity contribution in [3.8, 4) is 5.69 Å². The molecule has 0 fully saturated rings. The number of rotatable bonds is 6. The van der Waals surface area contributed by atoms with Gasteiger partial charge in [0.2, 0.25) is 0 Å². The van der Waals surface area contributed by atoms with Crippen molar-refractivity contribution in [1.82, 2.24) is 14.7 Å². The molecule has 0 N–H and O–H groups in total. The molecule has 4 heteroatoms. The minimum Gasteiger partial charge on any atom is -0.335 e. The number of hydrogen-bond donors (Lipinski definition) is 0. The van der Waals surface area contributed by atoms with Crippen LogP contribution in [0.5, 0.6) is 0 Å². The number of benzene rings is 1. The van der Waals surface area contributed by atoms with Crippen molar-refractivity contribution >= 4 is 5.91 Å². The molecule has 0 spiro atoms. The van der Waals surface area contributed by atoms with Gasteiger partial charge in [0, 0.05) is 13.1 Å². The Balaban J connectivity index is 2.38. The van der Waals surface area contributed by atoms with Crippen LogP contribution < -0.4 is 0 Å². The number of carbonyl (C=O) groups excluding carboxylic acids is 1. The standard InChI is InChI=1S/C18H23N3O/c1-5-17-16(18(22)20(6-2)13-14(3)4)12-19-21(17)15-10-8-7-9-11-15/h7-12H,3,5-6,13H2,1-2,4H3. The molecule has 0 bridgehead atoms. The molecular formula is C18H23N3O. The molecule has 0 aliphatic rings. The summed E-state index contributed by atoms with van der Waals surface area (Å²) in [4.78, 5) is 14.6. The zero-order chi connectivity index (χ0) is 16.1. The lowest BCUT2D eigenvalue weighted by atomic mass is 10.1. The number of aromatic nitrogens is 2. The summed E-state index contributed by atoms with van der Waals surface area (Å²) in [5, 5.41) is 4.42. The van der Waals surface area contributed by atoms with Gasteiger partial charge in [0.15, 0.2) is 0 Å². The van der Waals surface area contributed by atoms with Crippen LogP contribution in [0.3, 0.4) is 0 Å².